The molecule has 1 atom stereocenters. The largest absolute Gasteiger partial charge is 0.387 e. The number of nitrogens with two attached hydrogens (primary N) is 1. The Labute approximate surface area is 173 Å². The number of amides is 1. The van der Waals surface area contributed by atoms with Crippen molar-refractivity contribution in [1.29, 1.82) is 0 Å². The predicted molar refractivity (Wildman–Crippen MR) is 113 cm³/mol. The van der Waals surface area contributed by atoms with Crippen molar-refractivity contribution < 1.29 is 14.3 Å². The van der Waals surface area contributed by atoms with Gasteiger partial charge in [-0.15, -0.1) is 0 Å². The van der Waals surface area contributed by atoms with Gasteiger partial charge < -0.3 is 21.5 Å². The highest BCUT2D eigenvalue weighted by Crippen LogP contribution is 2.28. The third-order valence-electron chi connectivity index (χ3n) is 4.53. The maximum Gasteiger partial charge on any atom is 0.255 e. The maximum atomic E-state index is 14.0. The first kappa shape index (κ1) is 21.4. The highest BCUT2D eigenvalue weighted by atomic mass is 19.1. The zero-order chi connectivity index (χ0) is 22.1. The fraction of sp³-hybridized carbons (Fsp3) is 0.400. The lowest BCUT2D eigenvalue weighted by Gasteiger charge is -2.23. The van der Waals surface area contributed by atoms with Gasteiger partial charge in [0.25, 0.3) is 5.91 Å². The fourth-order valence-electron chi connectivity index (χ4n) is 2.84. The van der Waals surface area contributed by atoms with Crippen LogP contribution in [0.2, 0.25) is 0 Å². The summed E-state index contributed by atoms with van der Waals surface area (Å²) < 4.78 is 15.7. The van der Waals surface area contributed by atoms with E-state index in [1.165, 1.54) is 20.0 Å². The molecule has 160 valence electrons. The molecule has 0 radical (unpaired) electrons. The number of aliphatic hydroxyl groups is 1. The van der Waals surface area contributed by atoms with Gasteiger partial charge in [-0.25, -0.2) is 18.9 Å². The average molecular weight is 415 g/mol. The first-order valence-corrected chi connectivity index (χ1v) is 9.56. The average Bonchev–Trinajstić information content (AvgIpc) is 3.10. The molecule has 9 nitrogen and oxygen atoms in total. The quantitative estimate of drug-likeness (QED) is 0.464. The Hall–Kier alpha value is -3.27. The van der Waals surface area contributed by atoms with Gasteiger partial charge >= 0.3 is 0 Å². The van der Waals surface area contributed by atoms with Crippen molar-refractivity contribution in [3.63, 3.8) is 0 Å². The molecule has 0 aliphatic carbocycles. The molecule has 0 aliphatic rings. The van der Waals surface area contributed by atoms with Gasteiger partial charge in [-0.3, -0.25) is 4.79 Å². The second kappa shape index (κ2) is 8.23. The molecule has 0 bridgehead atoms. The van der Waals surface area contributed by atoms with Crippen LogP contribution in [0.25, 0.3) is 16.6 Å². The minimum Gasteiger partial charge on any atom is -0.387 e. The molecule has 0 fully saturated rings. The summed E-state index contributed by atoms with van der Waals surface area (Å²) in [5.41, 5.74) is 7.07. The van der Waals surface area contributed by atoms with Crippen LogP contribution in [-0.2, 0) is 0 Å². The maximum absolute atomic E-state index is 14.0. The minimum absolute atomic E-state index is 0.0336. The monoisotopic (exact) mass is 415 g/mol. The Morgan fingerprint density at radius 2 is 1.93 bits per heavy atom. The summed E-state index contributed by atoms with van der Waals surface area (Å²) in [7, 11) is 0. The number of aromatic nitrogens is 4. The minimum atomic E-state index is -1.61. The Balaban J connectivity index is 1.98. The van der Waals surface area contributed by atoms with Crippen LogP contribution in [0.3, 0.4) is 0 Å². The van der Waals surface area contributed by atoms with Crippen LogP contribution in [0.1, 0.15) is 38.1 Å². The van der Waals surface area contributed by atoms with Crippen molar-refractivity contribution in [2.75, 3.05) is 17.6 Å². The van der Waals surface area contributed by atoms with Gasteiger partial charge in [-0.1, -0.05) is 0 Å². The normalized spacial score (nSPS) is 12.9. The molecular weight excluding hydrogens is 389 g/mol. The van der Waals surface area contributed by atoms with Crippen LogP contribution < -0.4 is 16.4 Å². The summed E-state index contributed by atoms with van der Waals surface area (Å²) in [4.78, 5) is 20.8. The lowest BCUT2D eigenvalue weighted by atomic mass is 10.0. The van der Waals surface area contributed by atoms with E-state index in [4.69, 9.17) is 5.73 Å². The number of nitrogen functional groups attached to an aromatic ring is 1. The number of anilines is 2. The molecule has 0 spiro atoms. The number of nitrogens with one attached hydrogen (secondary N) is 2. The Morgan fingerprint density at radius 1 is 1.27 bits per heavy atom. The van der Waals surface area contributed by atoms with E-state index in [0.717, 1.165) is 11.1 Å². The molecule has 0 aliphatic heterocycles. The summed E-state index contributed by atoms with van der Waals surface area (Å²) in [5.74, 6) is -0.308. The van der Waals surface area contributed by atoms with E-state index in [2.05, 4.69) is 25.7 Å². The molecule has 0 aromatic carbocycles. The summed E-state index contributed by atoms with van der Waals surface area (Å²) in [6.07, 6.45) is 4.83. The summed E-state index contributed by atoms with van der Waals surface area (Å²) in [5, 5.41) is 19.9. The molecule has 3 heterocycles. The van der Waals surface area contributed by atoms with Crippen LogP contribution >= 0.6 is 0 Å². The van der Waals surface area contributed by atoms with Gasteiger partial charge in [0.05, 0.1) is 35.1 Å². The van der Waals surface area contributed by atoms with Gasteiger partial charge in [0.15, 0.2) is 0 Å². The van der Waals surface area contributed by atoms with E-state index >= 15 is 0 Å². The zero-order valence-corrected chi connectivity index (χ0v) is 17.3. The second-order valence-electron chi connectivity index (χ2n) is 7.95. The molecule has 3 aromatic rings. The third-order valence-corrected chi connectivity index (χ3v) is 4.53. The molecule has 10 heteroatoms. The van der Waals surface area contributed by atoms with Gasteiger partial charge in [0.1, 0.15) is 6.17 Å². The third kappa shape index (κ3) is 4.65. The van der Waals surface area contributed by atoms with Crippen molar-refractivity contribution in [3.05, 3.63) is 36.4 Å². The van der Waals surface area contributed by atoms with Gasteiger partial charge in [-0.2, -0.15) is 5.10 Å². The molecule has 3 aromatic heterocycles. The highest BCUT2D eigenvalue weighted by molar-refractivity contribution is 6.03. The molecule has 30 heavy (non-hydrogen) atoms. The number of halogens is 1. The van der Waals surface area contributed by atoms with E-state index < -0.39 is 17.7 Å². The Bertz CT molecular complexity index is 1040. The highest BCUT2D eigenvalue weighted by Gasteiger charge is 2.27. The van der Waals surface area contributed by atoms with E-state index in [9.17, 15) is 14.3 Å². The molecule has 1 unspecified atom stereocenters. The van der Waals surface area contributed by atoms with Crippen LogP contribution in [0.15, 0.2) is 30.9 Å². The molecule has 3 rings (SSSR count). The summed E-state index contributed by atoms with van der Waals surface area (Å²) in [6, 6.07) is 1.89. The number of nitrogens with zero attached hydrogens (tertiary/aromatic N) is 4. The van der Waals surface area contributed by atoms with Gasteiger partial charge in [-0.05, 0) is 33.8 Å². The zero-order valence-electron chi connectivity index (χ0n) is 17.3. The standard InChI is InChI=1S/C20H26FN7O2/c1-11(2)27-17-14(18(29)23-9-16(21)20(3,4)30)8-26-28-10-12(5-15(17)28)13-6-24-19(22)25-7-13/h5-8,10-11,16,27,30H,9H2,1-4H3,(H,23,29)(H2,22,24,25). The number of rotatable bonds is 7. The molecular formula is C20H26FN7O2. The number of carbonyl (C=O) groups is 1. The van der Waals surface area contributed by atoms with Crippen molar-refractivity contribution in [2.24, 2.45) is 0 Å². The first-order valence-electron chi connectivity index (χ1n) is 9.56. The van der Waals surface area contributed by atoms with Gasteiger partial charge in [0.2, 0.25) is 5.95 Å². The van der Waals surface area contributed by atoms with Crippen molar-refractivity contribution in [3.8, 4) is 11.1 Å². The Morgan fingerprint density at radius 3 is 2.53 bits per heavy atom. The summed E-state index contributed by atoms with van der Waals surface area (Å²) >= 11 is 0. The fourth-order valence-corrected chi connectivity index (χ4v) is 2.84. The van der Waals surface area contributed by atoms with Crippen LogP contribution in [0, 0.1) is 0 Å². The molecule has 0 saturated heterocycles. The molecule has 1 amide bonds. The van der Waals surface area contributed by atoms with E-state index in [-0.39, 0.29) is 24.1 Å². The SMILES string of the molecule is CC(C)Nc1c(C(=O)NCC(F)C(C)(C)O)cnn2cc(-c3cnc(N)nc3)cc12. The topological polar surface area (TPSA) is 130 Å². The van der Waals surface area contributed by atoms with Gasteiger partial charge in [0, 0.05) is 35.8 Å². The predicted octanol–water partition coefficient (Wildman–Crippen LogP) is 2.03. The van der Waals surface area contributed by atoms with E-state index in [0.29, 0.717) is 11.2 Å². The number of hydrogen-bond acceptors (Lipinski definition) is 7. The van der Waals surface area contributed by atoms with E-state index in [1.54, 1.807) is 23.1 Å². The molecule has 0 saturated carbocycles. The Kier molecular flexibility index (Phi) is 5.88. The number of carbonyl (C=O) groups excluding carboxylic acids is 1. The number of fused-ring (bicyclic) bond motifs is 1. The second-order valence-corrected chi connectivity index (χ2v) is 7.95. The van der Waals surface area contributed by atoms with Crippen LogP contribution in [0.5, 0.6) is 0 Å². The van der Waals surface area contributed by atoms with Crippen LogP contribution in [0.4, 0.5) is 16.0 Å². The lowest BCUT2D eigenvalue weighted by molar-refractivity contribution is -0.00177. The van der Waals surface area contributed by atoms with E-state index in [1.807, 2.05) is 19.9 Å². The van der Waals surface area contributed by atoms with Crippen molar-refractivity contribution in [1.82, 2.24) is 24.9 Å². The molecule has 5 N–H and O–H groups in total. The number of hydrogen-bond donors (Lipinski definition) is 4. The number of alkyl halides is 1. The lowest BCUT2D eigenvalue weighted by Crippen LogP contribution is -2.42. The van der Waals surface area contributed by atoms with Crippen molar-refractivity contribution >= 4 is 23.1 Å². The first-order chi connectivity index (χ1) is 14.1. The smallest absolute Gasteiger partial charge is 0.255 e. The van der Waals surface area contributed by atoms with Crippen LogP contribution in [-0.4, -0.2) is 55.0 Å². The summed E-state index contributed by atoms with van der Waals surface area (Å²) in [6.45, 7) is 6.28. The van der Waals surface area contributed by atoms with Crippen molar-refractivity contribution in [2.45, 2.75) is 45.5 Å².